The summed E-state index contributed by atoms with van der Waals surface area (Å²) in [6.07, 6.45) is 30.6. The Morgan fingerprint density at radius 2 is 1.03 bits per heavy atom. The summed E-state index contributed by atoms with van der Waals surface area (Å²) in [6.45, 7) is 10.9. The minimum Gasteiger partial charge on any atom is -0.466 e. The van der Waals surface area contributed by atoms with Gasteiger partial charge in [0.1, 0.15) is 42.8 Å². The van der Waals surface area contributed by atoms with E-state index in [0.29, 0.717) is 17.4 Å². The van der Waals surface area contributed by atoms with E-state index in [0.717, 1.165) is 88.6 Å². The maximum absolute atomic E-state index is 12.8. The monoisotopic (exact) mass is 937 g/mol. The number of carbonyl (C=O) groups is 2. The topological polar surface area (TPSA) is 135 Å². The van der Waals surface area contributed by atoms with Crippen molar-refractivity contribution in [2.45, 2.75) is 233 Å². The molecule has 2 rings (SSSR count). The van der Waals surface area contributed by atoms with Gasteiger partial charge in [0.05, 0.1) is 27.7 Å². The summed E-state index contributed by atoms with van der Waals surface area (Å²) in [5.41, 5.74) is 3.97. The lowest BCUT2D eigenvalue weighted by atomic mass is 10.0. The number of likely N-dealkylation sites (N-methyl/N-ethyl adjacent to an activating group) is 1. The van der Waals surface area contributed by atoms with Crippen molar-refractivity contribution in [1.82, 2.24) is 0 Å². The van der Waals surface area contributed by atoms with Crippen molar-refractivity contribution in [2.75, 3.05) is 47.5 Å². The summed E-state index contributed by atoms with van der Waals surface area (Å²) < 4.78 is 46.9. The second-order valence-electron chi connectivity index (χ2n) is 19.7. The number of hydrogen-bond acceptors (Lipinski definition) is 9. The van der Waals surface area contributed by atoms with E-state index < -0.39 is 26.5 Å². The number of furan rings is 2. The van der Waals surface area contributed by atoms with Gasteiger partial charge in [-0.3, -0.25) is 18.6 Å². The molecule has 0 saturated heterocycles. The third kappa shape index (κ3) is 29.2. The molecule has 0 radical (unpaired) electrons. The Morgan fingerprint density at radius 3 is 1.54 bits per heavy atom. The maximum Gasteiger partial charge on any atom is 0.472 e. The zero-order chi connectivity index (χ0) is 47.8. The number of phosphoric acid groups is 1. The molecule has 0 aliphatic rings. The lowest BCUT2D eigenvalue weighted by Gasteiger charge is -2.24. The Hall–Kier alpha value is -2.43. The van der Waals surface area contributed by atoms with Crippen LogP contribution >= 0.6 is 7.82 Å². The van der Waals surface area contributed by atoms with Gasteiger partial charge in [-0.15, -0.1) is 0 Å². The smallest absolute Gasteiger partial charge is 0.466 e. The van der Waals surface area contributed by atoms with Crippen LogP contribution in [0.1, 0.15) is 221 Å². The van der Waals surface area contributed by atoms with Gasteiger partial charge in [0, 0.05) is 38.5 Å². The second kappa shape index (κ2) is 34.8. The molecule has 0 amide bonds. The number of rotatable bonds is 42. The molecule has 0 spiro atoms. The first kappa shape index (κ1) is 58.7. The fourth-order valence-electron chi connectivity index (χ4n) is 8.09. The standard InChI is InChI=1S/C53H94NO10P/c1-9-11-27-33-47-41-44(3)49(62-47)34-29-23-19-17-18-21-25-31-37-52(55)59-42-48(43-61-65(57,58)60-40-39-54(6,7)8)63-53(56)38-32-26-22-16-14-13-15-20-24-30-36-51-46(5)45(4)50(64-51)35-28-12-10-2/h41,48H,9-40,42-43H2,1-8H3/p+1. The molecule has 1 N–H and O–H groups in total. The Morgan fingerprint density at radius 1 is 0.585 bits per heavy atom. The van der Waals surface area contributed by atoms with Gasteiger partial charge in [-0.2, -0.15) is 0 Å². The summed E-state index contributed by atoms with van der Waals surface area (Å²) in [5, 5.41) is 0. The zero-order valence-electron chi connectivity index (χ0n) is 42.7. The number of quaternary nitrogens is 1. The van der Waals surface area contributed by atoms with Gasteiger partial charge in [0.2, 0.25) is 0 Å². The largest absolute Gasteiger partial charge is 0.472 e. The van der Waals surface area contributed by atoms with Gasteiger partial charge in [-0.25, -0.2) is 4.57 Å². The Kier molecular flexibility index (Phi) is 31.4. The van der Waals surface area contributed by atoms with Crippen molar-refractivity contribution in [1.29, 1.82) is 0 Å². The summed E-state index contributed by atoms with van der Waals surface area (Å²) in [4.78, 5) is 35.7. The van der Waals surface area contributed by atoms with Gasteiger partial charge in [-0.05, 0) is 82.1 Å². The Bertz CT molecular complexity index is 1590. The van der Waals surface area contributed by atoms with Crippen molar-refractivity contribution in [2.24, 2.45) is 0 Å². The van der Waals surface area contributed by atoms with Crippen LogP contribution in [0.3, 0.4) is 0 Å². The van der Waals surface area contributed by atoms with E-state index >= 15 is 0 Å². The van der Waals surface area contributed by atoms with E-state index in [4.69, 9.17) is 27.4 Å². The Balaban J connectivity index is 1.60. The van der Waals surface area contributed by atoms with E-state index in [1.54, 1.807) is 0 Å². The molecule has 2 heterocycles. The van der Waals surface area contributed by atoms with Crippen LogP contribution in [0.5, 0.6) is 0 Å². The second-order valence-corrected chi connectivity index (χ2v) is 21.2. The van der Waals surface area contributed by atoms with Crippen LogP contribution in [0, 0.1) is 20.8 Å². The first-order valence-electron chi connectivity index (χ1n) is 26.1. The lowest BCUT2D eigenvalue weighted by molar-refractivity contribution is -0.870. The Labute approximate surface area is 396 Å². The number of aryl methyl sites for hydroxylation is 5. The average Bonchev–Trinajstić information content (AvgIpc) is 3.74. The maximum atomic E-state index is 12.8. The van der Waals surface area contributed by atoms with Crippen molar-refractivity contribution < 1.29 is 50.9 Å². The molecule has 2 aromatic rings. The van der Waals surface area contributed by atoms with Gasteiger partial charge in [-0.1, -0.05) is 129 Å². The molecule has 65 heavy (non-hydrogen) atoms. The number of carbonyl (C=O) groups excluding carboxylic acids is 2. The molecular formula is C53H95NO10P+. The molecular weight excluding hydrogens is 842 g/mol. The first-order chi connectivity index (χ1) is 31.1. The van der Waals surface area contributed by atoms with E-state index in [9.17, 15) is 19.0 Å². The molecule has 0 aromatic carbocycles. The highest BCUT2D eigenvalue weighted by molar-refractivity contribution is 7.47. The molecule has 2 unspecified atom stereocenters. The molecule has 2 atom stereocenters. The van der Waals surface area contributed by atoms with Crippen LogP contribution in [-0.2, 0) is 58.4 Å². The van der Waals surface area contributed by atoms with Crippen LogP contribution in [0.4, 0.5) is 0 Å². The predicted molar refractivity (Wildman–Crippen MR) is 263 cm³/mol. The summed E-state index contributed by atoms with van der Waals surface area (Å²) in [7, 11) is 1.45. The van der Waals surface area contributed by atoms with E-state index in [2.05, 4.69) is 40.7 Å². The van der Waals surface area contributed by atoms with Gasteiger partial charge < -0.3 is 27.7 Å². The minimum absolute atomic E-state index is 0.0220. The molecule has 12 heteroatoms. The fraction of sp³-hybridized carbons (Fsp3) is 0.811. The van der Waals surface area contributed by atoms with Gasteiger partial charge >= 0.3 is 19.8 Å². The highest BCUT2D eigenvalue weighted by Crippen LogP contribution is 2.43. The summed E-state index contributed by atoms with van der Waals surface area (Å²) >= 11 is 0. The molecule has 11 nitrogen and oxygen atoms in total. The quantitative estimate of drug-likeness (QED) is 0.0297. The minimum atomic E-state index is -4.40. The van der Waals surface area contributed by atoms with Crippen molar-refractivity contribution in [3.63, 3.8) is 0 Å². The van der Waals surface area contributed by atoms with Crippen molar-refractivity contribution in [3.8, 4) is 0 Å². The molecule has 0 fully saturated rings. The molecule has 0 aliphatic carbocycles. The van der Waals surface area contributed by atoms with Crippen LogP contribution < -0.4 is 0 Å². The number of unbranched alkanes of at least 4 members (excludes halogenated alkanes) is 20. The van der Waals surface area contributed by atoms with Crippen LogP contribution in [0.2, 0.25) is 0 Å². The number of esters is 2. The summed E-state index contributed by atoms with van der Waals surface area (Å²) in [6, 6.07) is 2.21. The fourth-order valence-corrected chi connectivity index (χ4v) is 8.83. The van der Waals surface area contributed by atoms with Gasteiger partial charge in [0.15, 0.2) is 6.10 Å². The average molecular weight is 937 g/mol. The van der Waals surface area contributed by atoms with Crippen molar-refractivity contribution in [3.05, 3.63) is 45.8 Å². The molecule has 376 valence electrons. The number of phosphoric ester groups is 1. The third-order valence-electron chi connectivity index (χ3n) is 12.5. The van der Waals surface area contributed by atoms with E-state index in [1.807, 2.05) is 21.1 Å². The molecule has 0 saturated carbocycles. The van der Waals surface area contributed by atoms with Crippen molar-refractivity contribution >= 4 is 19.8 Å². The highest BCUT2D eigenvalue weighted by Gasteiger charge is 2.27. The number of nitrogens with zero attached hydrogens (tertiary/aromatic N) is 1. The highest BCUT2D eigenvalue weighted by atomic mass is 31.2. The lowest BCUT2D eigenvalue weighted by Crippen LogP contribution is -2.37. The van der Waals surface area contributed by atoms with E-state index in [-0.39, 0.29) is 32.0 Å². The number of hydrogen-bond donors (Lipinski definition) is 1. The normalized spacial score (nSPS) is 13.3. The first-order valence-corrected chi connectivity index (χ1v) is 27.6. The molecule has 0 bridgehead atoms. The molecule has 0 aliphatic heterocycles. The predicted octanol–water partition coefficient (Wildman–Crippen LogP) is 14.1. The molecule has 2 aromatic heterocycles. The van der Waals surface area contributed by atoms with Gasteiger partial charge in [0.25, 0.3) is 0 Å². The van der Waals surface area contributed by atoms with Crippen LogP contribution in [-0.4, -0.2) is 74.9 Å². The summed E-state index contributed by atoms with van der Waals surface area (Å²) in [5.74, 6) is 3.83. The zero-order valence-corrected chi connectivity index (χ0v) is 43.6. The SMILES string of the molecule is CCCCCc1cc(C)c(CCCCCCCCCCC(=O)OCC(COP(=O)(O)OCC[N+](C)(C)C)OC(=O)CCCCCCCCCCCCc2oc(CCCCC)c(C)c2C)o1. The number of ether oxygens (including phenoxy) is 2. The van der Waals surface area contributed by atoms with E-state index in [1.165, 1.54) is 125 Å². The third-order valence-corrected chi connectivity index (χ3v) is 13.5. The van der Waals surface area contributed by atoms with Crippen LogP contribution in [0.15, 0.2) is 14.9 Å². The van der Waals surface area contributed by atoms with Crippen LogP contribution in [0.25, 0.3) is 0 Å².